The van der Waals surface area contributed by atoms with Crippen molar-refractivity contribution >= 4 is 0 Å². The summed E-state index contributed by atoms with van der Waals surface area (Å²) in [5, 5.41) is 9.43. The van der Waals surface area contributed by atoms with E-state index in [1.54, 1.807) is 0 Å². The van der Waals surface area contributed by atoms with E-state index in [2.05, 4.69) is 13.5 Å². The number of aliphatic hydroxyl groups is 1. The molecular formula is C9H16O. The Labute approximate surface area is 62.8 Å². The maximum atomic E-state index is 9.43. The Balaban J connectivity index is 2.50. The fourth-order valence-electron chi connectivity index (χ4n) is 1.71. The first-order valence-corrected chi connectivity index (χ1v) is 4.06. The van der Waals surface area contributed by atoms with Crippen molar-refractivity contribution in [3.63, 3.8) is 0 Å². The Morgan fingerprint density at radius 2 is 2.20 bits per heavy atom. The highest BCUT2D eigenvalue weighted by Crippen LogP contribution is 2.30. The smallest absolute Gasteiger partial charge is 0.0571 e. The molecule has 1 heteroatoms. The van der Waals surface area contributed by atoms with Crippen LogP contribution in [0.15, 0.2) is 12.7 Å². The maximum Gasteiger partial charge on any atom is 0.0571 e. The van der Waals surface area contributed by atoms with Gasteiger partial charge in [0.25, 0.3) is 0 Å². The van der Waals surface area contributed by atoms with Crippen molar-refractivity contribution in [1.82, 2.24) is 0 Å². The lowest BCUT2D eigenvalue weighted by Gasteiger charge is -2.30. The number of hydrogen-bond acceptors (Lipinski definition) is 1. The Hall–Kier alpha value is -0.300. The molecule has 0 bridgehead atoms. The Morgan fingerprint density at radius 1 is 1.50 bits per heavy atom. The second-order valence-electron chi connectivity index (χ2n) is 3.26. The fraction of sp³-hybridized carbons (Fsp3) is 0.778. The molecule has 0 saturated heterocycles. The minimum Gasteiger partial charge on any atom is -0.393 e. The predicted octanol–water partition coefficient (Wildman–Crippen LogP) is 1.97. The highest BCUT2D eigenvalue weighted by atomic mass is 16.3. The van der Waals surface area contributed by atoms with Crippen LogP contribution in [0.25, 0.3) is 0 Å². The van der Waals surface area contributed by atoms with Gasteiger partial charge in [-0.05, 0) is 24.7 Å². The van der Waals surface area contributed by atoms with Crippen LogP contribution in [0.1, 0.15) is 26.2 Å². The third-order valence-electron chi connectivity index (χ3n) is 2.62. The van der Waals surface area contributed by atoms with Gasteiger partial charge in [0.15, 0.2) is 0 Å². The second-order valence-corrected chi connectivity index (χ2v) is 3.26. The van der Waals surface area contributed by atoms with Crippen LogP contribution in [0, 0.1) is 11.8 Å². The molecule has 0 aromatic rings. The van der Waals surface area contributed by atoms with Crippen molar-refractivity contribution in [2.45, 2.75) is 32.3 Å². The average molecular weight is 140 g/mol. The largest absolute Gasteiger partial charge is 0.393 e. The molecule has 0 spiro atoms. The van der Waals surface area contributed by atoms with E-state index in [0.29, 0.717) is 11.8 Å². The summed E-state index contributed by atoms with van der Waals surface area (Å²) in [7, 11) is 0. The van der Waals surface area contributed by atoms with Crippen molar-refractivity contribution in [3.05, 3.63) is 12.7 Å². The fourth-order valence-corrected chi connectivity index (χ4v) is 1.71. The molecule has 0 unspecified atom stereocenters. The molecule has 0 amide bonds. The summed E-state index contributed by atoms with van der Waals surface area (Å²) in [4.78, 5) is 0. The van der Waals surface area contributed by atoms with E-state index in [1.165, 1.54) is 6.42 Å². The molecule has 1 N–H and O–H groups in total. The van der Waals surface area contributed by atoms with Crippen LogP contribution in [0.3, 0.4) is 0 Å². The summed E-state index contributed by atoms with van der Waals surface area (Å²) in [6.07, 6.45) is 5.24. The summed E-state index contributed by atoms with van der Waals surface area (Å²) in [6.45, 7) is 5.87. The quantitative estimate of drug-likeness (QED) is 0.552. The van der Waals surface area contributed by atoms with Crippen molar-refractivity contribution in [3.8, 4) is 0 Å². The third-order valence-corrected chi connectivity index (χ3v) is 2.62. The van der Waals surface area contributed by atoms with Gasteiger partial charge in [-0.3, -0.25) is 0 Å². The summed E-state index contributed by atoms with van der Waals surface area (Å²) in [5.74, 6) is 0.968. The van der Waals surface area contributed by atoms with Gasteiger partial charge in [-0.1, -0.05) is 19.4 Å². The van der Waals surface area contributed by atoms with Gasteiger partial charge < -0.3 is 5.11 Å². The summed E-state index contributed by atoms with van der Waals surface area (Å²) in [5.41, 5.74) is 0. The minimum absolute atomic E-state index is 0.0863. The van der Waals surface area contributed by atoms with E-state index >= 15 is 0 Å². The van der Waals surface area contributed by atoms with Gasteiger partial charge in [0.1, 0.15) is 0 Å². The number of aliphatic hydroxyl groups excluding tert-OH is 1. The van der Waals surface area contributed by atoms with Gasteiger partial charge in [0, 0.05) is 0 Å². The monoisotopic (exact) mass is 140 g/mol. The molecule has 1 rings (SSSR count). The van der Waals surface area contributed by atoms with Gasteiger partial charge in [0.05, 0.1) is 6.10 Å². The molecule has 58 valence electrons. The predicted molar refractivity (Wildman–Crippen MR) is 42.7 cm³/mol. The minimum atomic E-state index is -0.0863. The molecule has 1 fully saturated rings. The van der Waals surface area contributed by atoms with Crippen molar-refractivity contribution in [1.29, 1.82) is 0 Å². The van der Waals surface area contributed by atoms with E-state index < -0.39 is 0 Å². The van der Waals surface area contributed by atoms with Gasteiger partial charge in [-0.15, -0.1) is 6.58 Å². The zero-order valence-corrected chi connectivity index (χ0v) is 6.59. The number of allylic oxidation sites excluding steroid dienone is 1. The standard InChI is InChI=1S/C9H16O/c1-3-8-5-4-6-9(10)7(8)2/h3,7-10H,1,4-6H2,2H3/t7-,8-,9+/m1/s1. The molecular weight excluding hydrogens is 124 g/mol. The lowest BCUT2D eigenvalue weighted by atomic mass is 9.79. The molecule has 0 heterocycles. The highest BCUT2D eigenvalue weighted by molar-refractivity contribution is 4.89. The number of rotatable bonds is 1. The molecule has 3 atom stereocenters. The summed E-state index contributed by atoms with van der Waals surface area (Å²) < 4.78 is 0. The van der Waals surface area contributed by atoms with E-state index in [-0.39, 0.29) is 6.10 Å². The third kappa shape index (κ3) is 1.40. The molecule has 0 aromatic carbocycles. The van der Waals surface area contributed by atoms with Crippen LogP contribution in [0.5, 0.6) is 0 Å². The van der Waals surface area contributed by atoms with Crippen LogP contribution >= 0.6 is 0 Å². The van der Waals surface area contributed by atoms with Gasteiger partial charge in [-0.25, -0.2) is 0 Å². The van der Waals surface area contributed by atoms with E-state index in [1.807, 2.05) is 6.08 Å². The Bertz CT molecular complexity index is 120. The van der Waals surface area contributed by atoms with Crippen LogP contribution < -0.4 is 0 Å². The van der Waals surface area contributed by atoms with Crippen molar-refractivity contribution in [2.24, 2.45) is 11.8 Å². The topological polar surface area (TPSA) is 20.2 Å². The summed E-state index contributed by atoms with van der Waals surface area (Å²) in [6, 6.07) is 0. The van der Waals surface area contributed by atoms with E-state index in [4.69, 9.17) is 0 Å². The lowest BCUT2D eigenvalue weighted by molar-refractivity contribution is 0.0571. The van der Waals surface area contributed by atoms with E-state index in [0.717, 1.165) is 12.8 Å². The zero-order valence-electron chi connectivity index (χ0n) is 6.59. The first kappa shape index (κ1) is 7.80. The Kier molecular flexibility index (Phi) is 2.50. The van der Waals surface area contributed by atoms with Gasteiger partial charge in [0.2, 0.25) is 0 Å². The molecule has 0 radical (unpaired) electrons. The first-order valence-electron chi connectivity index (χ1n) is 4.06. The highest BCUT2D eigenvalue weighted by Gasteiger charge is 2.25. The van der Waals surface area contributed by atoms with Crippen LogP contribution in [-0.4, -0.2) is 11.2 Å². The second kappa shape index (κ2) is 3.20. The average Bonchev–Trinajstić information content (AvgIpc) is 1.95. The number of hydrogen-bond donors (Lipinski definition) is 1. The molecule has 1 saturated carbocycles. The molecule has 1 aliphatic carbocycles. The van der Waals surface area contributed by atoms with Gasteiger partial charge in [-0.2, -0.15) is 0 Å². The van der Waals surface area contributed by atoms with Crippen LogP contribution in [0.4, 0.5) is 0 Å². The zero-order chi connectivity index (χ0) is 7.56. The Morgan fingerprint density at radius 3 is 2.70 bits per heavy atom. The van der Waals surface area contributed by atoms with Crippen molar-refractivity contribution in [2.75, 3.05) is 0 Å². The SMILES string of the molecule is C=C[C@@H]1CCC[C@H](O)[C@@H]1C. The van der Waals surface area contributed by atoms with Gasteiger partial charge >= 0.3 is 0 Å². The van der Waals surface area contributed by atoms with Crippen LogP contribution in [-0.2, 0) is 0 Å². The first-order chi connectivity index (χ1) is 4.75. The maximum absolute atomic E-state index is 9.43. The van der Waals surface area contributed by atoms with E-state index in [9.17, 15) is 5.11 Å². The molecule has 1 aliphatic rings. The van der Waals surface area contributed by atoms with Crippen molar-refractivity contribution < 1.29 is 5.11 Å². The van der Waals surface area contributed by atoms with Crippen LogP contribution in [0.2, 0.25) is 0 Å². The lowest BCUT2D eigenvalue weighted by Crippen LogP contribution is -2.28. The summed E-state index contributed by atoms with van der Waals surface area (Å²) >= 11 is 0. The normalized spacial score (nSPS) is 41.2. The molecule has 0 aromatic heterocycles. The molecule has 10 heavy (non-hydrogen) atoms. The molecule has 0 aliphatic heterocycles. The molecule has 1 nitrogen and oxygen atoms in total.